The van der Waals surface area contributed by atoms with Crippen molar-refractivity contribution in [2.45, 2.75) is 56.7 Å². The standard InChI is InChI=1S/C23H25N3O3/c27-21(18-11-5-13-24-18)25-17-10-1-2-12-19(17)26-22(28)15-8-3-6-14-7-4-9-16(20(14)15)23(26)29/h3-4,6-9,17-19,24H,1-2,5,10-13H2,(H,25,27)/t17-,18+,19-/m1/s1. The molecule has 2 N–H and O–H groups in total. The smallest absolute Gasteiger partial charge is 0.261 e. The third-order valence-electron chi connectivity index (χ3n) is 6.57. The summed E-state index contributed by atoms with van der Waals surface area (Å²) in [6.45, 7) is 0.857. The maximum absolute atomic E-state index is 13.4. The van der Waals surface area contributed by atoms with Gasteiger partial charge in [0, 0.05) is 22.6 Å². The Morgan fingerprint density at radius 1 is 0.931 bits per heavy atom. The minimum atomic E-state index is -0.308. The van der Waals surface area contributed by atoms with Crippen LogP contribution in [-0.2, 0) is 4.79 Å². The molecule has 6 heteroatoms. The molecule has 150 valence electrons. The largest absolute Gasteiger partial charge is 0.350 e. The van der Waals surface area contributed by atoms with Crippen LogP contribution in [0.2, 0.25) is 0 Å². The third-order valence-corrected chi connectivity index (χ3v) is 6.57. The van der Waals surface area contributed by atoms with Gasteiger partial charge in [-0.25, -0.2) is 0 Å². The Kier molecular flexibility index (Phi) is 4.59. The molecule has 29 heavy (non-hydrogen) atoms. The number of amides is 3. The number of nitrogens with zero attached hydrogens (tertiary/aromatic N) is 1. The van der Waals surface area contributed by atoms with Gasteiger partial charge in [0.2, 0.25) is 5.91 Å². The number of carbonyl (C=O) groups excluding carboxylic acids is 3. The first-order chi connectivity index (χ1) is 14.1. The lowest BCUT2D eigenvalue weighted by atomic mass is 9.85. The van der Waals surface area contributed by atoms with Gasteiger partial charge in [-0.1, -0.05) is 37.1 Å². The van der Waals surface area contributed by atoms with E-state index in [4.69, 9.17) is 0 Å². The zero-order valence-corrected chi connectivity index (χ0v) is 16.3. The van der Waals surface area contributed by atoms with Crippen LogP contribution in [0.4, 0.5) is 0 Å². The zero-order valence-electron chi connectivity index (χ0n) is 16.3. The number of imide groups is 1. The van der Waals surface area contributed by atoms with E-state index in [9.17, 15) is 14.4 Å². The second-order valence-electron chi connectivity index (χ2n) is 8.31. The maximum Gasteiger partial charge on any atom is 0.261 e. The molecule has 2 fully saturated rings. The fourth-order valence-electron chi connectivity index (χ4n) is 5.13. The van der Waals surface area contributed by atoms with Gasteiger partial charge >= 0.3 is 0 Å². The molecule has 2 aromatic rings. The highest BCUT2D eigenvalue weighted by Gasteiger charge is 2.42. The molecule has 2 aromatic carbocycles. The average Bonchev–Trinajstić information content (AvgIpc) is 3.28. The van der Waals surface area contributed by atoms with Crippen molar-refractivity contribution < 1.29 is 14.4 Å². The van der Waals surface area contributed by atoms with Crippen molar-refractivity contribution in [2.24, 2.45) is 0 Å². The van der Waals surface area contributed by atoms with Crippen LogP contribution >= 0.6 is 0 Å². The van der Waals surface area contributed by atoms with Crippen molar-refractivity contribution in [1.29, 1.82) is 0 Å². The van der Waals surface area contributed by atoms with Crippen LogP contribution in [0.25, 0.3) is 10.8 Å². The first kappa shape index (κ1) is 18.3. The lowest BCUT2D eigenvalue weighted by Crippen LogP contribution is -2.59. The van der Waals surface area contributed by atoms with Crippen molar-refractivity contribution in [3.8, 4) is 0 Å². The van der Waals surface area contributed by atoms with Gasteiger partial charge in [0.15, 0.2) is 0 Å². The number of rotatable bonds is 3. The average molecular weight is 391 g/mol. The van der Waals surface area contributed by atoms with Crippen molar-refractivity contribution in [1.82, 2.24) is 15.5 Å². The molecule has 3 aliphatic rings. The lowest BCUT2D eigenvalue weighted by Gasteiger charge is -2.41. The predicted octanol–water partition coefficient (Wildman–Crippen LogP) is 2.62. The summed E-state index contributed by atoms with van der Waals surface area (Å²) < 4.78 is 0. The SMILES string of the molecule is O=C(N[C@@H]1CCCC[C@H]1N1C(=O)c2cccc3cccc(c23)C1=O)[C@@H]1CCCN1. The zero-order chi connectivity index (χ0) is 20.0. The van der Waals surface area contributed by atoms with E-state index >= 15 is 0 Å². The molecule has 3 atom stereocenters. The monoisotopic (exact) mass is 391 g/mol. The minimum Gasteiger partial charge on any atom is -0.350 e. The Morgan fingerprint density at radius 2 is 1.62 bits per heavy atom. The number of hydrogen-bond donors (Lipinski definition) is 2. The number of nitrogens with one attached hydrogen (secondary N) is 2. The molecule has 0 unspecified atom stereocenters. The highest BCUT2D eigenvalue weighted by Crippen LogP contribution is 2.34. The molecule has 1 saturated carbocycles. The van der Waals surface area contributed by atoms with Crippen LogP contribution in [0, 0.1) is 0 Å². The molecule has 5 rings (SSSR count). The molecule has 0 bridgehead atoms. The van der Waals surface area contributed by atoms with Crippen molar-refractivity contribution in [2.75, 3.05) is 6.54 Å². The number of benzene rings is 2. The van der Waals surface area contributed by atoms with Crippen molar-refractivity contribution in [3.05, 3.63) is 47.5 Å². The molecule has 1 saturated heterocycles. The molecule has 0 aromatic heterocycles. The molecular formula is C23H25N3O3. The molecule has 1 aliphatic carbocycles. The predicted molar refractivity (Wildman–Crippen MR) is 110 cm³/mol. The van der Waals surface area contributed by atoms with E-state index in [1.54, 1.807) is 12.1 Å². The molecule has 2 aliphatic heterocycles. The van der Waals surface area contributed by atoms with Crippen LogP contribution in [0.3, 0.4) is 0 Å². The summed E-state index contributed by atoms with van der Waals surface area (Å²) >= 11 is 0. The highest BCUT2D eigenvalue weighted by atomic mass is 16.2. The normalized spacial score (nSPS) is 26.8. The molecule has 0 spiro atoms. The van der Waals surface area contributed by atoms with Crippen LogP contribution in [0.5, 0.6) is 0 Å². The van der Waals surface area contributed by atoms with Gasteiger partial charge in [0.25, 0.3) is 11.8 Å². The van der Waals surface area contributed by atoms with Gasteiger partial charge < -0.3 is 10.6 Å². The van der Waals surface area contributed by atoms with Gasteiger partial charge in [0.05, 0.1) is 12.1 Å². The second-order valence-corrected chi connectivity index (χ2v) is 8.31. The summed E-state index contributed by atoms with van der Waals surface area (Å²) in [5.41, 5.74) is 1.15. The Bertz CT molecular complexity index is 945. The van der Waals surface area contributed by atoms with Gasteiger partial charge in [-0.3, -0.25) is 19.3 Å². The quantitative estimate of drug-likeness (QED) is 0.789. The van der Waals surface area contributed by atoms with E-state index < -0.39 is 0 Å². The number of hydrogen-bond acceptors (Lipinski definition) is 4. The number of carbonyl (C=O) groups is 3. The maximum atomic E-state index is 13.4. The Morgan fingerprint density at radius 3 is 2.28 bits per heavy atom. The molecule has 0 radical (unpaired) electrons. The van der Waals surface area contributed by atoms with E-state index in [0.717, 1.165) is 55.8 Å². The van der Waals surface area contributed by atoms with Crippen molar-refractivity contribution >= 4 is 28.5 Å². The first-order valence-corrected chi connectivity index (χ1v) is 10.6. The minimum absolute atomic E-state index is 0.0150. The second kappa shape index (κ2) is 7.26. The Labute approximate surface area is 169 Å². The van der Waals surface area contributed by atoms with Crippen LogP contribution in [0.15, 0.2) is 36.4 Å². The summed E-state index contributed by atoms with van der Waals surface area (Å²) in [6.07, 6.45) is 5.27. The molecular weight excluding hydrogens is 366 g/mol. The van der Waals surface area contributed by atoms with Gasteiger partial charge in [-0.2, -0.15) is 0 Å². The highest BCUT2D eigenvalue weighted by molar-refractivity contribution is 6.25. The fourth-order valence-corrected chi connectivity index (χ4v) is 5.13. The van der Waals surface area contributed by atoms with E-state index in [1.165, 1.54) is 4.90 Å². The van der Waals surface area contributed by atoms with E-state index in [1.807, 2.05) is 24.3 Å². The van der Waals surface area contributed by atoms with Crippen molar-refractivity contribution in [3.63, 3.8) is 0 Å². The van der Waals surface area contributed by atoms with E-state index in [-0.39, 0.29) is 35.8 Å². The molecule has 3 amide bonds. The van der Waals surface area contributed by atoms with Gasteiger partial charge in [-0.05, 0) is 49.7 Å². The fraction of sp³-hybridized carbons (Fsp3) is 0.435. The van der Waals surface area contributed by atoms with E-state index in [2.05, 4.69) is 10.6 Å². The molecule has 6 nitrogen and oxygen atoms in total. The van der Waals surface area contributed by atoms with Gasteiger partial charge in [-0.15, -0.1) is 0 Å². The summed E-state index contributed by atoms with van der Waals surface area (Å²) in [5, 5.41) is 8.02. The van der Waals surface area contributed by atoms with Crippen LogP contribution in [-0.4, -0.2) is 47.3 Å². The lowest BCUT2D eigenvalue weighted by molar-refractivity contribution is -0.124. The summed E-state index contributed by atoms with van der Waals surface area (Å²) in [4.78, 5) is 40.9. The Hall–Kier alpha value is -2.73. The topological polar surface area (TPSA) is 78.5 Å². The summed E-state index contributed by atoms with van der Waals surface area (Å²) in [6, 6.07) is 10.5. The Balaban J connectivity index is 1.47. The third kappa shape index (κ3) is 3.02. The van der Waals surface area contributed by atoms with Gasteiger partial charge in [0.1, 0.15) is 0 Å². The van der Waals surface area contributed by atoms with Crippen LogP contribution < -0.4 is 10.6 Å². The summed E-state index contributed by atoms with van der Waals surface area (Å²) in [5.74, 6) is -0.507. The first-order valence-electron chi connectivity index (χ1n) is 10.6. The van der Waals surface area contributed by atoms with Crippen LogP contribution in [0.1, 0.15) is 59.2 Å². The summed E-state index contributed by atoms with van der Waals surface area (Å²) in [7, 11) is 0. The molecule has 2 heterocycles. The van der Waals surface area contributed by atoms with E-state index in [0.29, 0.717) is 11.1 Å².